The van der Waals surface area contributed by atoms with Crippen LogP contribution in [0.15, 0.2) is 59.1 Å². The van der Waals surface area contributed by atoms with Gasteiger partial charge in [-0.15, -0.1) is 0 Å². The third kappa shape index (κ3) is 4.55. The molecule has 33 heavy (non-hydrogen) atoms. The molecule has 8 nitrogen and oxygen atoms in total. The van der Waals surface area contributed by atoms with Crippen molar-refractivity contribution in [2.75, 3.05) is 11.9 Å². The van der Waals surface area contributed by atoms with Crippen LogP contribution in [0, 0.1) is 20.8 Å². The van der Waals surface area contributed by atoms with Crippen molar-refractivity contribution in [1.82, 2.24) is 14.9 Å². The fourth-order valence-corrected chi connectivity index (χ4v) is 3.61. The van der Waals surface area contributed by atoms with Crippen molar-refractivity contribution in [3.05, 3.63) is 82.9 Å². The second kappa shape index (κ2) is 9.12. The van der Waals surface area contributed by atoms with Crippen molar-refractivity contribution in [2.24, 2.45) is 0 Å². The number of carbonyl (C=O) groups excluding carboxylic acids is 2. The summed E-state index contributed by atoms with van der Waals surface area (Å²) in [5.74, 6) is -0.339. The normalized spacial score (nSPS) is 10.8. The number of aromatic nitrogens is 3. The van der Waals surface area contributed by atoms with Crippen LogP contribution in [-0.2, 0) is 4.74 Å². The summed E-state index contributed by atoms with van der Waals surface area (Å²) < 4.78 is 11.9. The van der Waals surface area contributed by atoms with Gasteiger partial charge in [0, 0.05) is 11.3 Å². The molecule has 2 aromatic carbocycles. The highest BCUT2D eigenvalue weighted by Crippen LogP contribution is 2.27. The lowest BCUT2D eigenvalue weighted by Crippen LogP contribution is -2.13. The second-order valence-corrected chi connectivity index (χ2v) is 7.62. The maximum atomic E-state index is 12.8. The van der Waals surface area contributed by atoms with Crippen LogP contribution in [-0.4, -0.2) is 33.4 Å². The molecule has 0 spiro atoms. The monoisotopic (exact) mass is 444 g/mol. The molecule has 0 fully saturated rings. The summed E-state index contributed by atoms with van der Waals surface area (Å²) in [5.41, 5.74) is 5.07. The molecule has 0 aliphatic heterocycles. The third-order valence-corrected chi connectivity index (χ3v) is 5.12. The number of esters is 1. The van der Waals surface area contributed by atoms with Crippen LogP contribution < -0.4 is 5.32 Å². The number of aryl methyl sites for hydroxylation is 3. The number of carbonyl (C=O) groups is 2. The first-order chi connectivity index (χ1) is 15.9. The SMILES string of the molecule is CCOC(=O)c1cc(-c2cccc(NC(=O)c3c(C)noc3C)c2)n(-c2cccc(C)c2)n1. The smallest absolute Gasteiger partial charge is 0.358 e. The molecular weight excluding hydrogens is 420 g/mol. The van der Waals surface area contributed by atoms with Gasteiger partial charge in [-0.1, -0.05) is 29.4 Å². The number of benzene rings is 2. The van der Waals surface area contributed by atoms with Gasteiger partial charge in [-0.05, 0) is 63.6 Å². The zero-order valence-electron chi connectivity index (χ0n) is 18.9. The van der Waals surface area contributed by atoms with Crippen LogP contribution in [0.4, 0.5) is 5.69 Å². The van der Waals surface area contributed by atoms with E-state index in [0.29, 0.717) is 28.4 Å². The molecule has 0 saturated heterocycles. The number of nitrogens with zero attached hydrogens (tertiary/aromatic N) is 3. The number of amides is 1. The molecule has 1 N–H and O–H groups in total. The van der Waals surface area contributed by atoms with E-state index in [1.807, 2.05) is 49.4 Å². The summed E-state index contributed by atoms with van der Waals surface area (Å²) in [7, 11) is 0. The lowest BCUT2D eigenvalue weighted by Gasteiger charge is -2.10. The molecule has 0 saturated carbocycles. The topological polar surface area (TPSA) is 99.2 Å². The number of rotatable bonds is 6. The van der Waals surface area contributed by atoms with Gasteiger partial charge < -0.3 is 14.6 Å². The van der Waals surface area contributed by atoms with Gasteiger partial charge in [0.15, 0.2) is 5.69 Å². The Balaban J connectivity index is 1.74. The summed E-state index contributed by atoms with van der Waals surface area (Å²) in [6, 6.07) is 16.9. The minimum absolute atomic E-state index is 0.207. The van der Waals surface area contributed by atoms with Gasteiger partial charge in [-0.25, -0.2) is 9.48 Å². The molecule has 0 radical (unpaired) electrons. The van der Waals surface area contributed by atoms with Gasteiger partial charge in [0.25, 0.3) is 5.91 Å². The van der Waals surface area contributed by atoms with E-state index < -0.39 is 5.97 Å². The summed E-state index contributed by atoms with van der Waals surface area (Å²) in [4.78, 5) is 25.1. The molecule has 168 valence electrons. The number of anilines is 1. The Labute approximate surface area is 191 Å². The average Bonchev–Trinajstić information content (AvgIpc) is 3.38. The highest BCUT2D eigenvalue weighted by molar-refractivity contribution is 6.05. The summed E-state index contributed by atoms with van der Waals surface area (Å²) in [6.07, 6.45) is 0. The molecule has 0 aliphatic carbocycles. The Morgan fingerprint density at radius 2 is 1.85 bits per heavy atom. The van der Waals surface area contributed by atoms with E-state index in [2.05, 4.69) is 15.6 Å². The van der Waals surface area contributed by atoms with Gasteiger partial charge in [0.2, 0.25) is 0 Å². The Bertz CT molecular complexity index is 1320. The number of ether oxygens (including phenoxy) is 1. The first-order valence-corrected chi connectivity index (χ1v) is 10.6. The van der Waals surface area contributed by atoms with Crippen molar-refractivity contribution < 1.29 is 18.8 Å². The molecular formula is C25H24N4O4. The molecule has 2 aromatic heterocycles. The first kappa shape index (κ1) is 22.0. The molecule has 0 bridgehead atoms. The molecule has 4 aromatic rings. The quantitative estimate of drug-likeness (QED) is 0.426. The Hall–Kier alpha value is -4.20. The van der Waals surface area contributed by atoms with Gasteiger partial charge in [0.05, 0.1) is 23.7 Å². The fourth-order valence-electron chi connectivity index (χ4n) is 3.61. The van der Waals surface area contributed by atoms with Crippen molar-refractivity contribution >= 4 is 17.6 Å². The zero-order chi connectivity index (χ0) is 23.5. The van der Waals surface area contributed by atoms with Crippen molar-refractivity contribution in [1.29, 1.82) is 0 Å². The van der Waals surface area contributed by atoms with Crippen molar-refractivity contribution in [2.45, 2.75) is 27.7 Å². The number of hydrogen-bond acceptors (Lipinski definition) is 6. The van der Waals surface area contributed by atoms with E-state index in [4.69, 9.17) is 9.26 Å². The number of hydrogen-bond donors (Lipinski definition) is 1. The molecule has 1 amide bonds. The van der Waals surface area contributed by atoms with Gasteiger partial charge >= 0.3 is 5.97 Å². The van der Waals surface area contributed by atoms with Crippen LogP contribution in [0.1, 0.15) is 44.8 Å². The molecule has 8 heteroatoms. The van der Waals surface area contributed by atoms with Gasteiger partial charge in [0.1, 0.15) is 11.3 Å². The molecule has 2 heterocycles. The largest absolute Gasteiger partial charge is 0.461 e. The van der Waals surface area contributed by atoms with Gasteiger partial charge in [-0.2, -0.15) is 5.10 Å². The van der Waals surface area contributed by atoms with E-state index >= 15 is 0 Å². The zero-order valence-corrected chi connectivity index (χ0v) is 18.9. The third-order valence-electron chi connectivity index (χ3n) is 5.12. The van der Waals surface area contributed by atoms with Crippen molar-refractivity contribution in [3.63, 3.8) is 0 Å². The first-order valence-electron chi connectivity index (χ1n) is 10.6. The van der Waals surface area contributed by atoms with E-state index in [1.165, 1.54) is 0 Å². The van der Waals surface area contributed by atoms with Crippen LogP contribution in [0.5, 0.6) is 0 Å². The Morgan fingerprint density at radius 1 is 1.06 bits per heavy atom. The van der Waals surface area contributed by atoms with Crippen LogP contribution >= 0.6 is 0 Å². The highest BCUT2D eigenvalue weighted by Gasteiger charge is 2.20. The summed E-state index contributed by atoms with van der Waals surface area (Å²) in [6.45, 7) is 7.42. The minimum Gasteiger partial charge on any atom is -0.461 e. The molecule has 0 aliphatic rings. The van der Waals surface area contributed by atoms with E-state index in [-0.39, 0.29) is 18.2 Å². The Kier molecular flexibility index (Phi) is 6.08. The second-order valence-electron chi connectivity index (χ2n) is 7.62. The maximum absolute atomic E-state index is 12.8. The van der Waals surface area contributed by atoms with Gasteiger partial charge in [-0.3, -0.25) is 4.79 Å². The van der Waals surface area contributed by atoms with E-state index in [9.17, 15) is 9.59 Å². The van der Waals surface area contributed by atoms with Crippen LogP contribution in [0.2, 0.25) is 0 Å². The summed E-state index contributed by atoms with van der Waals surface area (Å²) in [5, 5.41) is 11.2. The van der Waals surface area contributed by atoms with E-state index in [0.717, 1.165) is 16.8 Å². The maximum Gasteiger partial charge on any atom is 0.358 e. The predicted octanol–water partition coefficient (Wildman–Crippen LogP) is 4.88. The standard InChI is InChI=1S/C25H24N4O4/c1-5-32-25(31)21-14-22(29(27-21)20-11-6-8-15(2)12-20)18-9-7-10-19(13-18)26-24(30)23-16(3)28-33-17(23)4/h6-14H,5H2,1-4H3,(H,26,30). The van der Waals surface area contributed by atoms with E-state index in [1.54, 1.807) is 37.6 Å². The average molecular weight is 444 g/mol. The van der Waals surface area contributed by atoms with Crippen LogP contribution in [0.25, 0.3) is 16.9 Å². The highest BCUT2D eigenvalue weighted by atomic mass is 16.5. The molecule has 4 rings (SSSR count). The Morgan fingerprint density at radius 3 is 2.55 bits per heavy atom. The summed E-state index contributed by atoms with van der Waals surface area (Å²) >= 11 is 0. The number of nitrogens with one attached hydrogen (secondary N) is 1. The van der Waals surface area contributed by atoms with Crippen LogP contribution in [0.3, 0.4) is 0 Å². The minimum atomic E-state index is -0.493. The molecule has 0 unspecified atom stereocenters. The predicted molar refractivity (Wildman–Crippen MR) is 124 cm³/mol. The lowest BCUT2D eigenvalue weighted by molar-refractivity contribution is 0.0519. The lowest BCUT2D eigenvalue weighted by atomic mass is 10.1. The molecule has 0 atom stereocenters. The van der Waals surface area contributed by atoms with Crippen molar-refractivity contribution in [3.8, 4) is 16.9 Å². The fraction of sp³-hybridized carbons (Fsp3) is 0.200.